The number of ether oxygens (including phenoxy) is 1. The van der Waals surface area contributed by atoms with Crippen molar-refractivity contribution in [3.8, 4) is 9.85 Å². The number of halogens is 1. The van der Waals surface area contributed by atoms with Gasteiger partial charge in [0, 0.05) is 35.0 Å². The molecule has 0 fully saturated rings. The first kappa shape index (κ1) is 9.49. The highest BCUT2D eigenvalue weighted by Crippen LogP contribution is 1.97. The second-order valence-corrected chi connectivity index (χ2v) is 2.66. The van der Waals surface area contributed by atoms with Crippen LogP contribution in [0.1, 0.15) is 5.56 Å². The molecule has 0 spiro atoms. The lowest BCUT2D eigenvalue weighted by atomic mass is 10.3. The van der Waals surface area contributed by atoms with Crippen molar-refractivity contribution in [2.75, 3.05) is 6.61 Å². The summed E-state index contributed by atoms with van der Waals surface area (Å²) in [5.41, 5.74) is 1.08. The third-order valence-electron chi connectivity index (χ3n) is 1.23. The minimum absolute atomic E-state index is 0.484. The Bertz CT molecular complexity index is 276. The average Bonchev–Trinajstić information content (AvgIpc) is 2.14. The quantitative estimate of drug-likeness (QED) is 0.477. The molecule has 0 N–H and O–H groups in total. The summed E-state index contributed by atoms with van der Waals surface area (Å²) in [7, 11) is 0. The average molecular weight is 273 g/mol. The summed E-state index contributed by atoms with van der Waals surface area (Å²) in [6, 6.07) is 3.87. The first-order valence-electron chi connectivity index (χ1n) is 3.48. The minimum atomic E-state index is 0.484. The molecule has 0 saturated heterocycles. The highest BCUT2D eigenvalue weighted by molar-refractivity contribution is 14.1. The zero-order valence-electron chi connectivity index (χ0n) is 6.46. The lowest BCUT2D eigenvalue weighted by molar-refractivity contribution is 0.153. The molecule has 0 atom stereocenters. The van der Waals surface area contributed by atoms with Crippen molar-refractivity contribution in [2.24, 2.45) is 0 Å². The standard InChI is InChI=1S/C9H8INO/c10-4-2-6-12-8-9-3-1-5-11-7-9/h1,3,5,7H,6,8H2. The molecule has 62 valence electrons. The number of pyridine rings is 1. The van der Waals surface area contributed by atoms with Crippen LogP contribution in [0.3, 0.4) is 0 Å². The van der Waals surface area contributed by atoms with Crippen LogP contribution in [0.5, 0.6) is 0 Å². The van der Waals surface area contributed by atoms with Crippen LogP contribution in [0.15, 0.2) is 24.5 Å². The van der Waals surface area contributed by atoms with Crippen molar-refractivity contribution in [3.05, 3.63) is 30.1 Å². The van der Waals surface area contributed by atoms with Crippen LogP contribution < -0.4 is 0 Å². The van der Waals surface area contributed by atoms with E-state index in [1.54, 1.807) is 12.4 Å². The van der Waals surface area contributed by atoms with Gasteiger partial charge in [-0.3, -0.25) is 4.98 Å². The number of hydrogen-bond donors (Lipinski definition) is 0. The molecule has 3 heteroatoms. The number of hydrogen-bond acceptors (Lipinski definition) is 2. The number of nitrogens with zero attached hydrogens (tertiary/aromatic N) is 1. The van der Waals surface area contributed by atoms with Gasteiger partial charge in [-0.25, -0.2) is 0 Å². The molecule has 1 aromatic rings. The monoisotopic (exact) mass is 273 g/mol. The SMILES string of the molecule is IC#CCOCc1cccnc1. The van der Waals surface area contributed by atoms with Crippen LogP contribution in [0.4, 0.5) is 0 Å². The Morgan fingerprint density at radius 1 is 1.58 bits per heavy atom. The smallest absolute Gasteiger partial charge is 0.108 e. The van der Waals surface area contributed by atoms with E-state index in [2.05, 4.69) is 14.8 Å². The van der Waals surface area contributed by atoms with E-state index in [0.29, 0.717) is 13.2 Å². The fourth-order valence-electron chi connectivity index (χ4n) is 0.731. The van der Waals surface area contributed by atoms with Crippen LogP contribution in [0.25, 0.3) is 0 Å². The molecule has 0 saturated carbocycles. The second kappa shape index (κ2) is 5.98. The summed E-state index contributed by atoms with van der Waals surface area (Å²) in [4.78, 5) is 3.97. The summed E-state index contributed by atoms with van der Waals surface area (Å²) in [6.45, 7) is 1.07. The summed E-state index contributed by atoms with van der Waals surface area (Å²) in [5.74, 6) is 2.81. The van der Waals surface area contributed by atoms with Gasteiger partial charge in [-0.15, -0.1) is 0 Å². The van der Waals surface area contributed by atoms with Crippen LogP contribution in [-0.2, 0) is 11.3 Å². The largest absolute Gasteiger partial charge is 0.364 e. The van der Waals surface area contributed by atoms with E-state index in [-0.39, 0.29) is 0 Å². The summed E-state index contributed by atoms with van der Waals surface area (Å²) < 4.78 is 7.98. The van der Waals surface area contributed by atoms with Gasteiger partial charge < -0.3 is 4.74 Å². The molecule has 0 radical (unpaired) electrons. The maximum atomic E-state index is 5.24. The Morgan fingerprint density at radius 3 is 3.17 bits per heavy atom. The van der Waals surface area contributed by atoms with Crippen LogP contribution in [0.2, 0.25) is 0 Å². The first-order valence-corrected chi connectivity index (χ1v) is 4.56. The van der Waals surface area contributed by atoms with E-state index in [1.165, 1.54) is 0 Å². The van der Waals surface area contributed by atoms with Crippen molar-refractivity contribution in [1.29, 1.82) is 0 Å². The highest BCUT2D eigenvalue weighted by atomic mass is 127. The second-order valence-electron chi connectivity index (χ2n) is 2.13. The van der Waals surface area contributed by atoms with E-state index in [1.807, 2.05) is 34.7 Å². The fourth-order valence-corrected chi connectivity index (χ4v) is 0.886. The van der Waals surface area contributed by atoms with E-state index >= 15 is 0 Å². The Hall–Kier alpha value is -0.600. The van der Waals surface area contributed by atoms with Crippen molar-refractivity contribution in [2.45, 2.75) is 6.61 Å². The van der Waals surface area contributed by atoms with Gasteiger partial charge in [0.05, 0.1) is 6.61 Å². The predicted molar refractivity (Wildman–Crippen MR) is 55.7 cm³/mol. The molecule has 2 nitrogen and oxygen atoms in total. The molecule has 0 bridgehead atoms. The first-order chi connectivity index (χ1) is 5.93. The third-order valence-corrected chi connectivity index (χ3v) is 1.61. The van der Waals surface area contributed by atoms with Gasteiger partial charge >= 0.3 is 0 Å². The van der Waals surface area contributed by atoms with Crippen LogP contribution in [-0.4, -0.2) is 11.6 Å². The van der Waals surface area contributed by atoms with Crippen molar-refractivity contribution >= 4 is 22.6 Å². The van der Waals surface area contributed by atoms with Gasteiger partial charge in [0.1, 0.15) is 6.61 Å². The number of rotatable bonds is 3. The third kappa shape index (κ3) is 3.69. The van der Waals surface area contributed by atoms with Crippen molar-refractivity contribution in [1.82, 2.24) is 4.98 Å². The predicted octanol–water partition coefficient (Wildman–Crippen LogP) is 1.99. The molecule has 1 rings (SSSR count). The molecule has 0 aliphatic rings. The maximum absolute atomic E-state index is 5.24. The van der Waals surface area contributed by atoms with Crippen LogP contribution in [0, 0.1) is 9.85 Å². The Kier molecular flexibility index (Phi) is 4.73. The van der Waals surface area contributed by atoms with Gasteiger partial charge in [-0.1, -0.05) is 12.0 Å². The normalized spacial score (nSPS) is 8.75. The maximum Gasteiger partial charge on any atom is 0.108 e. The Morgan fingerprint density at radius 2 is 2.50 bits per heavy atom. The van der Waals surface area contributed by atoms with Gasteiger partial charge in [0.25, 0.3) is 0 Å². The van der Waals surface area contributed by atoms with Gasteiger partial charge in [0.15, 0.2) is 0 Å². The van der Waals surface area contributed by atoms with Crippen molar-refractivity contribution < 1.29 is 4.74 Å². The molecule has 1 aromatic heterocycles. The molecule has 0 unspecified atom stereocenters. The summed E-state index contributed by atoms with van der Waals surface area (Å²) in [6.07, 6.45) is 3.53. The topological polar surface area (TPSA) is 22.1 Å². The molecule has 0 aliphatic heterocycles. The zero-order valence-corrected chi connectivity index (χ0v) is 8.61. The summed E-state index contributed by atoms with van der Waals surface area (Å²) in [5, 5.41) is 0. The van der Waals surface area contributed by atoms with Crippen LogP contribution >= 0.6 is 22.6 Å². The molecule has 12 heavy (non-hydrogen) atoms. The van der Waals surface area contributed by atoms with Gasteiger partial charge in [-0.05, 0) is 15.6 Å². The van der Waals surface area contributed by atoms with E-state index in [9.17, 15) is 0 Å². The van der Waals surface area contributed by atoms with Gasteiger partial charge in [-0.2, -0.15) is 0 Å². The zero-order chi connectivity index (χ0) is 8.65. The Labute approximate surface area is 85.5 Å². The molecule has 1 heterocycles. The minimum Gasteiger partial charge on any atom is -0.364 e. The fraction of sp³-hybridized carbons (Fsp3) is 0.222. The lowest BCUT2D eigenvalue weighted by Gasteiger charge is -1.98. The highest BCUT2D eigenvalue weighted by Gasteiger charge is 1.89. The van der Waals surface area contributed by atoms with Crippen molar-refractivity contribution in [3.63, 3.8) is 0 Å². The molecule has 0 amide bonds. The van der Waals surface area contributed by atoms with Gasteiger partial charge in [0.2, 0.25) is 0 Å². The Balaban J connectivity index is 2.27. The molecular weight excluding hydrogens is 265 g/mol. The van der Waals surface area contributed by atoms with E-state index < -0.39 is 0 Å². The molecule has 0 aromatic carbocycles. The van der Waals surface area contributed by atoms with E-state index in [4.69, 9.17) is 4.74 Å². The number of aromatic nitrogens is 1. The van der Waals surface area contributed by atoms with E-state index in [0.717, 1.165) is 5.56 Å². The lowest BCUT2D eigenvalue weighted by Crippen LogP contribution is -1.92. The molecule has 0 aliphatic carbocycles. The summed E-state index contributed by atoms with van der Waals surface area (Å²) >= 11 is 1.99. The molecular formula is C9H8INO.